The molecule has 0 atom stereocenters. The van der Waals surface area contributed by atoms with Crippen molar-refractivity contribution in [3.8, 4) is 62.1 Å². The van der Waals surface area contributed by atoms with Gasteiger partial charge in [0.15, 0.2) is 17.5 Å². The molecular weight excluding hydrogens is 773 g/mol. The van der Waals surface area contributed by atoms with E-state index in [1.165, 1.54) is 10.8 Å². The highest BCUT2D eigenvalue weighted by atomic mass is 16.3. The van der Waals surface area contributed by atoms with E-state index < -0.39 is 0 Å². The van der Waals surface area contributed by atoms with Gasteiger partial charge >= 0.3 is 0 Å². The van der Waals surface area contributed by atoms with Gasteiger partial charge in [-0.05, 0) is 65.2 Å². The van der Waals surface area contributed by atoms with Crippen LogP contribution in [-0.4, -0.2) is 19.5 Å². The van der Waals surface area contributed by atoms with Gasteiger partial charge in [-0.25, -0.2) is 15.0 Å². The molecule has 6 nitrogen and oxygen atoms in total. The molecule has 0 amide bonds. The molecule has 63 heavy (non-hydrogen) atoms. The Labute approximate surface area is 361 Å². The van der Waals surface area contributed by atoms with Crippen LogP contribution in [0, 0.1) is 0 Å². The van der Waals surface area contributed by atoms with Crippen LogP contribution in [-0.2, 0) is 0 Å². The van der Waals surface area contributed by atoms with Gasteiger partial charge in [-0.3, -0.25) is 0 Å². The summed E-state index contributed by atoms with van der Waals surface area (Å²) in [5.74, 6) is 1.60. The Balaban J connectivity index is 1.10. The number of fused-ring (bicyclic) bond motifs is 9. The number of hydrogen-bond acceptors (Lipinski definition) is 5. The van der Waals surface area contributed by atoms with Gasteiger partial charge in [-0.1, -0.05) is 158 Å². The molecular formula is C57H34N4O2. The Morgan fingerprint density at radius 3 is 1.65 bits per heavy atom. The Kier molecular flexibility index (Phi) is 7.80. The number of rotatable bonds is 6. The van der Waals surface area contributed by atoms with E-state index in [4.69, 9.17) is 23.8 Å². The summed E-state index contributed by atoms with van der Waals surface area (Å²) in [4.78, 5) is 15.7. The molecule has 0 bridgehead atoms. The van der Waals surface area contributed by atoms with Crippen molar-refractivity contribution < 1.29 is 8.83 Å². The highest BCUT2D eigenvalue weighted by molar-refractivity contribution is 6.15. The van der Waals surface area contributed by atoms with Crippen LogP contribution >= 0.6 is 0 Å². The zero-order valence-corrected chi connectivity index (χ0v) is 33.7. The number of hydrogen-bond donors (Lipinski definition) is 0. The molecule has 0 aliphatic rings. The maximum absolute atomic E-state index is 7.17. The van der Waals surface area contributed by atoms with Crippen molar-refractivity contribution in [3.63, 3.8) is 0 Å². The van der Waals surface area contributed by atoms with E-state index >= 15 is 0 Å². The van der Waals surface area contributed by atoms with E-state index in [1.807, 2.05) is 60.7 Å². The molecule has 0 fully saturated rings. The molecule has 9 aromatic carbocycles. The number of aromatic nitrogens is 4. The predicted molar refractivity (Wildman–Crippen MR) is 256 cm³/mol. The maximum atomic E-state index is 7.17. The summed E-state index contributed by atoms with van der Waals surface area (Å²) in [6.07, 6.45) is 0. The van der Waals surface area contributed by atoms with Crippen molar-refractivity contribution in [2.24, 2.45) is 0 Å². The van der Waals surface area contributed by atoms with Gasteiger partial charge in [0.25, 0.3) is 0 Å². The molecule has 294 valence electrons. The van der Waals surface area contributed by atoms with Crippen LogP contribution in [0.1, 0.15) is 0 Å². The minimum absolute atomic E-state index is 0.503. The molecule has 13 rings (SSSR count). The normalized spacial score (nSPS) is 11.8. The van der Waals surface area contributed by atoms with Crippen molar-refractivity contribution in [1.82, 2.24) is 19.5 Å². The lowest BCUT2D eigenvalue weighted by Gasteiger charge is -2.12. The lowest BCUT2D eigenvalue weighted by Crippen LogP contribution is -2.01. The molecule has 0 spiro atoms. The second kappa shape index (κ2) is 14.0. The summed E-state index contributed by atoms with van der Waals surface area (Å²) in [5.41, 5.74) is 13.1. The minimum Gasteiger partial charge on any atom is -0.456 e. The summed E-state index contributed by atoms with van der Waals surface area (Å²) in [7, 11) is 0. The summed E-state index contributed by atoms with van der Waals surface area (Å²) in [5, 5.41) is 6.45. The van der Waals surface area contributed by atoms with Crippen LogP contribution in [0.2, 0.25) is 0 Å². The van der Waals surface area contributed by atoms with E-state index in [0.717, 1.165) is 94.0 Å². The highest BCUT2D eigenvalue weighted by Crippen LogP contribution is 2.43. The topological polar surface area (TPSA) is 69.9 Å². The van der Waals surface area contributed by atoms with Gasteiger partial charge < -0.3 is 13.4 Å². The smallest absolute Gasteiger partial charge is 0.167 e. The summed E-state index contributed by atoms with van der Waals surface area (Å²) in [6, 6.07) is 71.6. The first-order valence-corrected chi connectivity index (χ1v) is 21.1. The molecule has 0 unspecified atom stereocenters. The Morgan fingerprint density at radius 2 is 0.873 bits per heavy atom. The molecule has 0 aliphatic heterocycles. The van der Waals surface area contributed by atoms with E-state index in [-0.39, 0.29) is 0 Å². The van der Waals surface area contributed by atoms with Gasteiger partial charge in [0.05, 0.1) is 16.6 Å². The van der Waals surface area contributed by atoms with E-state index in [1.54, 1.807) is 0 Å². The van der Waals surface area contributed by atoms with Gasteiger partial charge in [0.2, 0.25) is 0 Å². The van der Waals surface area contributed by atoms with Crippen LogP contribution in [0.15, 0.2) is 215 Å². The number of furan rings is 2. The Bertz CT molecular complexity index is 3870. The molecule has 4 aromatic heterocycles. The van der Waals surface area contributed by atoms with Crippen molar-refractivity contribution >= 4 is 65.7 Å². The lowest BCUT2D eigenvalue weighted by atomic mass is 9.97. The van der Waals surface area contributed by atoms with Gasteiger partial charge in [-0.15, -0.1) is 0 Å². The van der Waals surface area contributed by atoms with Gasteiger partial charge in [0.1, 0.15) is 22.3 Å². The van der Waals surface area contributed by atoms with Gasteiger partial charge in [0, 0.05) is 54.7 Å². The molecule has 4 heterocycles. The molecule has 0 radical (unpaired) electrons. The van der Waals surface area contributed by atoms with Crippen molar-refractivity contribution in [2.75, 3.05) is 0 Å². The van der Waals surface area contributed by atoms with Crippen molar-refractivity contribution in [2.45, 2.75) is 0 Å². The Morgan fingerprint density at radius 1 is 0.302 bits per heavy atom. The van der Waals surface area contributed by atoms with Crippen LogP contribution in [0.25, 0.3) is 128 Å². The first-order chi connectivity index (χ1) is 31.2. The number of benzene rings is 9. The first-order valence-electron chi connectivity index (χ1n) is 21.1. The molecule has 0 aliphatic carbocycles. The second-order valence-corrected chi connectivity index (χ2v) is 16.0. The first kappa shape index (κ1) is 35.2. The van der Waals surface area contributed by atoms with Crippen LogP contribution in [0.3, 0.4) is 0 Å². The minimum atomic E-state index is 0.503. The number of para-hydroxylation sites is 4. The van der Waals surface area contributed by atoms with Crippen molar-refractivity contribution in [1.29, 1.82) is 0 Å². The lowest BCUT2D eigenvalue weighted by molar-refractivity contribution is 0.669. The SMILES string of the molecule is c1ccc(-c2cccc(-c3cccc4c3oc3c(-c5nc(-c6ccccc6)nc(-c6ccc7c(c6)oc6ccccc67)n5)cc(-n5c6ccccc6c6ccccc65)cc34)c2)cc1. The fraction of sp³-hybridized carbons (Fsp3) is 0. The quantitative estimate of drug-likeness (QED) is 0.167. The highest BCUT2D eigenvalue weighted by Gasteiger charge is 2.23. The second-order valence-electron chi connectivity index (χ2n) is 16.0. The zero-order valence-electron chi connectivity index (χ0n) is 33.7. The Hall–Kier alpha value is -8.61. The third-order valence-electron chi connectivity index (χ3n) is 12.2. The fourth-order valence-corrected chi connectivity index (χ4v) is 9.31. The molecule has 0 saturated heterocycles. The monoisotopic (exact) mass is 806 g/mol. The largest absolute Gasteiger partial charge is 0.456 e. The van der Waals surface area contributed by atoms with E-state index in [9.17, 15) is 0 Å². The van der Waals surface area contributed by atoms with E-state index in [0.29, 0.717) is 23.1 Å². The zero-order chi connectivity index (χ0) is 41.4. The predicted octanol–water partition coefficient (Wildman–Crippen LogP) is 15.1. The van der Waals surface area contributed by atoms with Gasteiger partial charge in [-0.2, -0.15) is 0 Å². The summed E-state index contributed by atoms with van der Waals surface area (Å²) >= 11 is 0. The van der Waals surface area contributed by atoms with E-state index in [2.05, 4.69) is 150 Å². The number of nitrogens with zero attached hydrogens (tertiary/aromatic N) is 4. The third-order valence-corrected chi connectivity index (χ3v) is 12.2. The molecule has 6 heteroatoms. The standard InChI is InChI=1S/C57H34N4O2/c1-3-15-35(16-4-1)37-19-13-20-38(31-37)41-24-14-25-46-47-33-40(61-49-26-10-7-21-42(49)43-22-8-11-27-50(43)61)34-48(54(47)63-53(41)46)57-59-55(36-17-5-2-6-18-36)58-56(60-57)39-29-30-45-44-23-9-12-28-51(44)62-52(45)32-39/h1-34H. The maximum Gasteiger partial charge on any atom is 0.167 e. The molecule has 0 N–H and O–H groups in total. The van der Waals surface area contributed by atoms with Crippen LogP contribution < -0.4 is 0 Å². The average Bonchev–Trinajstić information content (AvgIpc) is 4.03. The summed E-state index contributed by atoms with van der Waals surface area (Å²) < 4.78 is 15.9. The third kappa shape index (κ3) is 5.69. The molecule has 13 aromatic rings. The summed E-state index contributed by atoms with van der Waals surface area (Å²) in [6.45, 7) is 0. The van der Waals surface area contributed by atoms with Crippen LogP contribution in [0.4, 0.5) is 0 Å². The van der Waals surface area contributed by atoms with Crippen molar-refractivity contribution in [3.05, 3.63) is 206 Å². The fourth-order valence-electron chi connectivity index (χ4n) is 9.31. The molecule has 0 saturated carbocycles. The average molecular weight is 807 g/mol. The van der Waals surface area contributed by atoms with Crippen LogP contribution in [0.5, 0.6) is 0 Å².